The van der Waals surface area contributed by atoms with E-state index in [1.807, 2.05) is 6.92 Å². The molecular formula is C8H15NO4S. The molecule has 0 aliphatic rings. The highest BCUT2D eigenvalue weighted by atomic mass is 32.2. The smallest absolute Gasteiger partial charge is 0.324 e. The second-order valence-corrected chi connectivity index (χ2v) is 3.59. The molecule has 1 N–H and O–H groups in total. The number of hydrogen-bond acceptors (Lipinski definition) is 5. The number of ether oxygens (including phenoxy) is 1. The molecule has 2 atom stereocenters. The summed E-state index contributed by atoms with van der Waals surface area (Å²) in [5.41, 5.74) is 2.33. The number of nitrogens with one attached hydrogen (secondary N) is 1. The van der Waals surface area contributed by atoms with Crippen LogP contribution in [0, 0.1) is 0 Å². The molecule has 0 aromatic heterocycles. The Morgan fingerprint density at radius 2 is 2.29 bits per heavy atom. The van der Waals surface area contributed by atoms with Gasteiger partial charge in [-0.2, -0.15) is 9.76 Å². The van der Waals surface area contributed by atoms with Crippen LogP contribution in [0.15, 0.2) is 12.2 Å². The first-order valence-electron chi connectivity index (χ1n) is 4.12. The highest BCUT2D eigenvalue weighted by molar-refractivity contribution is 7.80. The molecule has 14 heavy (non-hydrogen) atoms. The number of allylic oxidation sites excluding steroid dienone is 1. The Morgan fingerprint density at radius 3 is 2.79 bits per heavy atom. The van der Waals surface area contributed by atoms with E-state index in [1.165, 1.54) is 7.11 Å². The average molecular weight is 221 g/mol. The largest absolute Gasteiger partial charge is 0.468 e. The molecule has 0 spiro atoms. The van der Waals surface area contributed by atoms with Crippen molar-refractivity contribution in [1.29, 1.82) is 0 Å². The fourth-order valence-electron chi connectivity index (χ4n) is 0.560. The molecular weight excluding hydrogens is 206 g/mol. The third kappa shape index (κ3) is 5.85. The highest BCUT2D eigenvalue weighted by Crippen LogP contribution is 1.89. The minimum absolute atomic E-state index is 0.289. The minimum atomic E-state index is -1.46. The molecule has 0 aliphatic heterocycles. The summed E-state index contributed by atoms with van der Waals surface area (Å²) in [4.78, 5) is 10.9. The Hall–Kier alpha value is -0.720. The number of esters is 1. The van der Waals surface area contributed by atoms with E-state index in [2.05, 4.69) is 10.2 Å². The van der Waals surface area contributed by atoms with Crippen LogP contribution in [-0.4, -0.2) is 29.1 Å². The van der Waals surface area contributed by atoms with E-state index in [0.29, 0.717) is 0 Å². The second-order valence-electron chi connectivity index (χ2n) is 2.49. The summed E-state index contributed by atoms with van der Waals surface area (Å²) in [7, 11) is 1.28. The van der Waals surface area contributed by atoms with Crippen LogP contribution in [0.25, 0.3) is 0 Å². The number of rotatable bonds is 6. The van der Waals surface area contributed by atoms with E-state index in [-0.39, 0.29) is 5.75 Å². The Kier molecular flexibility index (Phi) is 7.27. The van der Waals surface area contributed by atoms with Crippen molar-refractivity contribution in [3.63, 3.8) is 0 Å². The topological polar surface area (TPSA) is 64.6 Å². The fourth-order valence-corrected chi connectivity index (χ4v) is 1.23. The van der Waals surface area contributed by atoms with Gasteiger partial charge in [-0.05, 0) is 13.8 Å². The summed E-state index contributed by atoms with van der Waals surface area (Å²) in [6.45, 7) is 3.38. The van der Waals surface area contributed by atoms with Crippen LogP contribution < -0.4 is 5.48 Å². The second kappa shape index (κ2) is 7.66. The lowest BCUT2D eigenvalue weighted by atomic mass is 10.4. The van der Waals surface area contributed by atoms with E-state index in [9.17, 15) is 9.00 Å². The van der Waals surface area contributed by atoms with Crippen LogP contribution in [0.5, 0.6) is 0 Å². The van der Waals surface area contributed by atoms with Gasteiger partial charge in [-0.3, -0.25) is 4.79 Å². The van der Waals surface area contributed by atoms with Crippen molar-refractivity contribution in [2.24, 2.45) is 0 Å². The van der Waals surface area contributed by atoms with Gasteiger partial charge in [-0.25, -0.2) is 4.21 Å². The molecule has 6 heteroatoms. The van der Waals surface area contributed by atoms with Gasteiger partial charge in [0, 0.05) is 0 Å². The van der Waals surface area contributed by atoms with Crippen molar-refractivity contribution < 1.29 is 18.0 Å². The maximum Gasteiger partial charge on any atom is 0.324 e. The van der Waals surface area contributed by atoms with Gasteiger partial charge >= 0.3 is 5.97 Å². The number of hydrogen-bond donors (Lipinski definition) is 1. The predicted molar refractivity (Wildman–Crippen MR) is 53.5 cm³/mol. The highest BCUT2D eigenvalue weighted by Gasteiger charge is 2.13. The monoisotopic (exact) mass is 221 g/mol. The molecule has 0 amide bonds. The van der Waals surface area contributed by atoms with E-state index < -0.39 is 23.1 Å². The van der Waals surface area contributed by atoms with Crippen LogP contribution in [-0.2, 0) is 24.9 Å². The SMILES string of the molecule is C/C=C/CS(=O)ONC(C)C(=O)OC. The van der Waals surface area contributed by atoms with E-state index in [0.717, 1.165) is 0 Å². The summed E-state index contributed by atoms with van der Waals surface area (Å²) in [5.74, 6) is -0.176. The molecule has 0 bridgehead atoms. The summed E-state index contributed by atoms with van der Waals surface area (Å²) in [5, 5.41) is 0. The molecule has 82 valence electrons. The zero-order valence-electron chi connectivity index (χ0n) is 8.48. The molecule has 0 saturated carbocycles. The van der Waals surface area contributed by atoms with Gasteiger partial charge in [0.1, 0.15) is 6.04 Å². The van der Waals surface area contributed by atoms with Crippen LogP contribution in [0.2, 0.25) is 0 Å². The van der Waals surface area contributed by atoms with Crippen LogP contribution in [0.4, 0.5) is 0 Å². The number of methoxy groups -OCH3 is 1. The maximum atomic E-state index is 11.0. The van der Waals surface area contributed by atoms with Crippen molar-refractivity contribution in [3.8, 4) is 0 Å². The van der Waals surface area contributed by atoms with Crippen molar-refractivity contribution >= 4 is 17.0 Å². The third-order valence-corrected chi connectivity index (χ3v) is 2.09. The third-order valence-electron chi connectivity index (χ3n) is 1.34. The lowest BCUT2D eigenvalue weighted by Gasteiger charge is -2.09. The maximum absolute atomic E-state index is 11.0. The quantitative estimate of drug-likeness (QED) is 0.397. The number of carbonyl (C=O) groups excluding carboxylic acids is 1. The average Bonchev–Trinajstić information content (AvgIpc) is 2.21. The molecule has 0 saturated heterocycles. The number of hydroxylamine groups is 1. The molecule has 0 aliphatic carbocycles. The minimum Gasteiger partial charge on any atom is -0.468 e. The summed E-state index contributed by atoms with van der Waals surface area (Å²) >= 11 is -1.46. The van der Waals surface area contributed by atoms with Crippen molar-refractivity contribution in [1.82, 2.24) is 5.48 Å². The lowest BCUT2D eigenvalue weighted by molar-refractivity contribution is -0.144. The Bertz CT molecular complexity index is 229. The summed E-state index contributed by atoms with van der Waals surface area (Å²) in [6, 6.07) is -0.630. The van der Waals surface area contributed by atoms with E-state index in [4.69, 9.17) is 4.28 Å². The van der Waals surface area contributed by atoms with Crippen molar-refractivity contribution in [3.05, 3.63) is 12.2 Å². The molecule has 0 rings (SSSR count). The van der Waals surface area contributed by atoms with Gasteiger partial charge in [-0.1, -0.05) is 12.2 Å². The van der Waals surface area contributed by atoms with Gasteiger partial charge in [0.25, 0.3) is 0 Å². The Balaban J connectivity index is 3.71. The van der Waals surface area contributed by atoms with Crippen molar-refractivity contribution in [2.45, 2.75) is 19.9 Å². The fraction of sp³-hybridized carbons (Fsp3) is 0.625. The first-order valence-corrected chi connectivity index (χ1v) is 5.36. The normalized spacial score (nSPS) is 15.4. The molecule has 2 unspecified atom stereocenters. The van der Waals surface area contributed by atoms with Gasteiger partial charge in [0.2, 0.25) is 0 Å². The molecule has 0 heterocycles. The number of carbonyl (C=O) groups is 1. The van der Waals surface area contributed by atoms with E-state index >= 15 is 0 Å². The zero-order chi connectivity index (χ0) is 11.0. The van der Waals surface area contributed by atoms with Gasteiger partial charge in [-0.15, -0.1) is 0 Å². The summed E-state index contributed by atoms with van der Waals surface area (Å²) in [6.07, 6.45) is 3.48. The van der Waals surface area contributed by atoms with Gasteiger partial charge in [0.05, 0.1) is 12.9 Å². The van der Waals surface area contributed by atoms with Crippen LogP contribution in [0.3, 0.4) is 0 Å². The van der Waals surface area contributed by atoms with Gasteiger partial charge < -0.3 is 4.74 Å². The Morgan fingerprint density at radius 1 is 1.64 bits per heavy atom. The molecule has 0 fully saturated rings. The first kappa shape index (κ1) is 13.3. The van der Waals surface area contributed by atoms with Crippen LogP contribution in [0.1, 0.15) is 13.8 Å². The molecule has 0 aromatic rings. The molecule has 0 radical (unpaired) electrons. The van der Waals surface area contributed by atoms with Crippen LogP contribution >= 0.6 is 0 Å². The zero-order valence-corrected chi connectivity index (χ0v) is 9.30. The van der Waals surface area contributed by atoms with Gasteiger partial charge in [0.15, 0.2) is 11.1 Å². The molecule has 5 nitrogen and oxygen atoms in total. The van der Waals surface area contributed by atoms with E-state index in [1.54, 1.807) is 19.1 Å². The summed E-state index contributed by atoms with van der Waals surface area (Å²) < 4.78 is 20.2. The predicted octanol–water partition coefficient (Wildman–Crippen LogP) is 0.309. The Labute approximate surface area is 86.1 Å². The molecule has 0 aromatic carbocycles. The standard InChI is InChI=1S/C8H15NO4S/c1-4-5-6-14(11)13-9-7(2)8(10)12-3/h4-5,7,9H,6H2,1-3H3/b5-4+. The first-order chi connectivity index (χ1) is 6.61. The van der Waals surface area contributed by atoms with Crippen molar-refractivity contribution in [2.75, 3.05) is 12.9 Å². The lowest BCUT2D eigenvalue weighted by Crippen LogP contribution is -2.35.